The van der Waals surface area contributed by atoms with E-state index in [2.05, 4.69) is 0 Å². The van der Waals surface area contributed by atoms with Crippen molar-refractivity contribution in [2.24, 2.45) is 0 Å². The maximum Gasteiger partial charge on any atom is 0.254 e. The Morgan fingerprint density at radius 2 is 1.78 bits per heavy atom. The molecule has 0 radical (unpaired) electrons. The van der Waals surface area contributed by atoms with Gasteiger partial charge in [0.25, 0.3) is 5.91 Å². The van der Waals surface area contributed by atoms with Crippen molar-refractivity contribution in [3.8, 4) is 0 Å². The number of hydrogen-bond acceptors (Lipinski definition) is 3. The summed E-state index contributed by atoms with van der Waals surface area (Å²) in [5.41, 5.74) is 8.53. The Morgan fingerprint density at radius 1 is 1.04 bits per heavy atom. The van der Waals surface area contributed by atoms with Crippen LogP contribution in [0.3, 0.4) is 0 Å². The van der Waals surface area contributed by atoms with Gasteiger partial charge in [0.2, 0.25) is 5.91 Å². The average Bonchev–Trinajstić information content (AvgIpc) is 2.89. The van der Waals surface area contributed by atoms with Gasteiger partial charge in [0.1, 0.15) is 5.82 Å². The van der Waals surface area contributed by atoms with Crippen LogP contribution in [0.5, 0.6) is 0 Å². The summed E-state index contributed by atoms with van der Waals surface area (Å²) in [6.45, 7) is 4.02. The number of amides is 2. The van der Waals surface area contributed by atoms with Crippen LogP contribution in [-0.2, 0) is 11.2 Å². The Kier molecular flexibility index (Phi) is 5.74. The fraction of sp³-hybridized carbons (Fsp3) is 0.333. The van der Waals surface area contributed by atoms with Crippen LogP contribution in [0, 0.1) is 12.7 Å². The van der Waals surface area contributed by atoms with Crippen LogP contribution in [0.4, 0.5) is 10.1 Å². The molecule has 2 amide bonds. The van der Waals surface area contributed by atoms with Gasteiger partial charge in [0.15, 0.2) is 0 Å². The number of rotatable bonds is 3. The first-order valence-corrected chi connectivity index (χ1v) is 9.11. The Hall–Kier alpha value is -2.89. The van der Waals surface area contributed by atoms with Crippen molar-refractivity contribution in [2.45, 2.75) is 19.8 Å². The molecule has 27 heavy (non-hydrogen) atoms. The van der Waals surface area contributed by atoms with Crippen molar-refractivity contribution in [2.75, 3.05) is 31.9 Å². The summed E-state index contributed by atoms with van der Waals surface area (Å²) in [4.78, 5) is 28.9. The minimum Gasteiger partial charge on any atom is -0.399 e. The van der Waals surface area contributed by atoms with E-state index in [1.54, 1.807) is 34.1 Å². The highest BCUT2D eigenvalue weighted by Gasteiger charge is 2.23. The minimum atomic E-state index is -0.342. The second-order valence-electron chi connectivity index (χ2n) is 6.91. The predicted molar refractivity (Wildman–Crippen MR) is 103 cm³/mol. The lowest BCUT2D eigenvalue weighted by atomic mass is 10.1. The normalized spacial score (nSPS) is 14.7. The molecule has 1 heterocycles. The molecule has 0 saturated carbocycles. The van der Waals surface area contributed by atoms with Crippen LogP contribution in [0.25, 0.3) is 0 Å². The standard InChI is InChI=1S/C21H24FN3O2/c1-15-6-7-18(23)14-19(15)21(27)25-9-3-8-24(10-11-25)20(26)13-16-4-2-5-17(22)12-16/h2,4-7,12,14H,3,8-11,13,23H2,1H3. The summed E-state index contributed by atoms with van der Waals surface area (Å²) < 4.78 is 13.3. The number of benzene rings is 2. The number of nitrogens with two attached hydrogens (primary N) is 1. The van der Waals surface area contributed by atoms with Crippen LogP contribution in [0.1, 0.15) is 27.9 Å². The fourth-order valence-electron chi connectivity index (χ4n) is 3.34. The topological polar surface area (TPSA) is 66.6 Å². The van der Waals surface area contributed by atoms with Gasteiger partial charge in [0.05, 0.1) is 6.42 Å². The van der Waals surface area contributed by atoms with Gasteiger partial charge < -0.3 is 15.5 Å². The molecule has 142 valence electrons. The lowest BCUT2D eigenvalue weighted by Crippen LogP contribution is -2.38. The zero-order valence-electron chi connectivity index (χ0n) is 15.5. The monoisotopic (exact) mass is 369 g/mol. The summed E-state index contributed by atoms with van der Waals surface area (Å²) in [5.74, 6) is -0.445. The first-order chi connectivity index (χ1) is 12.9. The maximum absolute atomic E-state index is 13.3. The van der Waals surface area contributed by atoms with E-state index in [4.69, 9.17) is 5.73 Å². The van der Waals surface area contributed by atoms with Gasteiger partial charge in [-0.1, -0.05) is 18.2 Å². The molecule has 1 fully saturated rings. The quantitative estimate of drug-likeness (QED) is 0.846. The number of nitrogen functional groups attached to an aromatic ring is 1. The van der Waals surface area contributed by atoms with Crippen molar-refractivity contribution in [3.63, 3.8) is 0 Å². The molecule has 0 bridgehead atoms. The number of carbonyl (C=O) groups is 2. The Balaban J connectivity index is 1.64. The third-order valence-electron chi connectivity index (χ3n) is 4.87. The van der Waals surface area contributed by atoms with Gasteiger partial charge in [0, 0.05) is 37.4 Å². The van der Waals surface area contributed by atoms with E-state index in [-0.39, 0.29) is 24.1 Å². The third kappa shape index (κ3) is 4.64. The molecule has 0 unspecified atom stereocenters. The lowest BCUT2D eigenvalue weighted by Gasteiger charge is -2.23. The van der Waals surface area contributed by atoms with E-state index in [0.717, 1.165) is 5.56 Å². The van der Waals surface area contributed by atoms with Gasteiger partial charge in [-0.05, 0) is 48.7 Å². The molecule has 2 N–H and O–H groups in total. The number of anilines is 1. The average molecular weight is 369 g/mol. The molecule has 2 aromatic carbocycles. The molecule has 1 saturated heterocycles. The van der Waals surface area contributed by atoms with Gasteiger partial charge in [-0.15, -0.1) is 0 Å². The molecule has 3 rings (SSSR count). The van der Waals surface area contributed by atoms with Crippen molar-refractivity contribution < 1.29 is 14.0 Å². The van der Waals surface area contributed by atoms with E-state index in [9.17, 15) is 14.0 Å². The van der Waals surface area contributed by atoms with Crippen LogP contribution < -0.4 is 5.73 Å². The van der Waals surface area contributed by atoms with Gasteiger partial charge in [-0.2, -0.15) is 0 Å². The zero-order valence-corrected chi connectivity index (χ0v) is 15.5. The Bertz CT molecular complexity index is 853. The molecule has 5 nitrogen and oxygen atoms in total. The first kappa shape index (κ1) is 18.9. The molecule has 1 aliphatic heterocycles. The van der Waals surface area contributed by atoms with Crippen LogP contribution in [-0.4, -0.2) is 47.8 Å². The summed E-state index contributed by atoms with van der Waals surface area (Å²) >= 11 is 0. The fourth-order valence-corrected chi connectivity index (χ4v) is 3.34. The number of aryl methyl sites for hydroxylation is 1. The van der Waals surface area contributed by atoms with Gasteiger partial charge in [-0.25, -0.2) is 4.39 Å². The van der Waals surface area contributed by atoms with Crippen LogP contribution in [0.15, 0.2) is 42.5 Å². The number of hydrogen-bond donors (Lipinski definition) is 1. The molecule has 0 aromatic heterocycles. The van der Waals surface area contributed by atoms with Crippen LogP contribution >= 0.6 is 0 Å². The zero-order chi connectivity index (χ0) is 19.4. The number of nitrogens with zero attached hydrogens (tertiary/aromatic N) is 2. The summed E-state index contributed by atoms with van der Waals surface area (Å²) in [5, 5.41) is 0. The van der Waals surface area contributed by atoms with Crippen molar-refractivity contribution in [1.29, 1.82) is 0 Å². The van der Waals surface area contributed by atoms with Crippen molar-refractivity contribution in [1.82, 2.24) is 9.80 Å². The molecule has 1 aliphatic rings. The molecule has 0 spiro atoms. The Morgan fingerprint density at radius 3 is 2.56 bits per heavy atom. The first-order valence-electron chi connectivity index (χ1n) is 9.11. The number of carbonyl (C=O) groups excluding carboxylic acids is 2. The SMILES string of the molecule is Cc1ccc(N)cc1C(=O)N1CCCN(C(=O)Cc2cccc(F)c2)CC1. The smallest absolute Gasteiger partial charge is 0.254 e. The Labute approximate surface area is 158 Å². The largest absolute Gasteiger partial charge is 0.399 e. The highest BCUT2D eigenvalue weighted by molar-refractivity contribution is 5.96. The summed E-state index contributed by atoms with van der Waals surface area (Å²) in [6.07, 6.45) is 0.877. The van der Waals surface area contributed by atoms with Gasteiger partial charge in [-0.3, -0.25) is 9.59 Å². The number of halogens is 1. The molecule has 0 atom stereocenters. The lowest BCUT2D eigenvalue weighted by molar-refractivity contribution is -0.130. The van der Waals surface area contributed by atoms with E-state index in [0.29, 0.717) is 49.4 Å². The highest BCUT2D eigenvalue weighted by atomic mass is 19.1. The summed E-state index contributed by atoms with van der Waals surface area (Å²) in [7, 11) is 0. The second-order valence-corrected chi connectivity index (χ2v) is 6.91. The molecular formula is C21H24FN3O2. The summed E-state index contributed by atoms with van der Waals surface area (Å²) in [6, 6.07) is 11.4. The maximum atomic E-state index is 13.3. The third-order valence-corrected chi connectivity index (χ3v) is 4.87. The van der Waals surface area contributed by atoms with E-state index < -0.39 is 0 Å². The highest BCUT2D eigenvalue weighted by Crippen LogP contribution is 2.17. The second kappa shape index (κ2) is 8.20. The van der Waals surface area contributed by atoms with Crippen molar-refractivity contribution in [3.05, 3.63) is 65.0 Å². The van der Waals surface area contributed by atoms with E-state index >= 15 is 0 Å². The van der Waals surface area contributed by atoms with E-state index in [1.165, 1.54) is 12.1 Å². The molecular weight excluding hydrogens is 345 g/mol. The molecule has 2 aromatic rings. The molecule has 0 aliphatic carbocycles. The minimum absolute atomic E-state index is 0.0463. The van der Waals surface area contributed by atoms with E-state index in [1.807, 2.05) is 13.0 Å². The van der Waals surface area contributed by atoms with Crippen molar-refractivity contribution >= 4 is 17.5 Å². The predicted octanol–water partition coefficient (Wildman–Crippen LogP) is 2.63. The van der Waals surface area contributed by atoms with Crippen LogP contribution in [0.2, 0.25) is 0 Å². The van der Waals surface area contributed by atoms with Gasteiger partial charge >= 0.3 is 0 Å². The molecule has 6 heteroatoms.